The zero-order chi connectivity index (χ0) is 18.6. The minimum Gasteiger partial charge on any atom is -0.331 e. The fraction of sp³-hybridized carbons (Fsp3) is 0.167. The molecule has 0 radical (unpaired) electrons. The lowest BCUT2D eigenvalue weighted by Gasteiger charge is -2.03. The van der Waals surface area contributed by atoms with Crippen molar-refractivity contribution in [1.82, 2.24) is 10.1 Å². The van der Waals surface area contributed by atoms with E-state index in [0.29, 0.717) is 16.9 Å². The van der Waals surface area contributed by atoms with Crippen molar-refractivity contribution in [2.45, 2.75) is 11.1 Å². The van der Waals surface area contributed by atoms with Gasteiger partial charge in [-0.25, -0.2) is 0 Å². The second kappa shape index (κ2) is 7.97. The average Bonchev–Trinajstić information content (AvgIpc) is 3.13. The Morgan fingerprint density at radius 3 is 2.42 bits per heavy atom. The number of aromatic nitrogens is 2. The van der Waals surface area contributed by atoms with E-state index in [1.807, 2.05) is 30.3 Å². The van der Waals surface area contributed by atoms with Crippen LogP contribution < -0.4 is 0 Å². The summed E-state index contributed by atoms with van der Waals surface area (Å²) in [5.74, 6) is 0.102. The van der Waals surface area contributed by atoms with Gasteiger partial charge in [-0.05, 0) is 17.2 Å². The predicted molar refractivity (Wildman–Crippen MR) is 96.4 cm³/mol. The quantitative estimate of drug-likeness (QED) is 0.410. The number of Topliss-reactive ketones (excluding diaryl/α,β-unsaturated/α-hetero) is 1. The van der Waals surface area contributed by atoms with E-state index in [-0.39, 0.29) is 11.6 Å². The second-order valence-electron chi connectivity index (χ2n) is 5.40. The molecule has 3 aromatic rings. The summed E-state index contributed by atoms with van der Waals surface area (Å²) in [6.45, 7) is 0. The molecule has 0 unspecified atom stereocenters. The minimum atomic E-state index is -3.71. The molecule has 3 rings (SSSR count). The molecule has 0 N–H and O–H groups in total. The van der Waals surface area contributed by atoms with Gasteiger partial charge < -0.3 is 4.52 Å². The molecule has 0 aliphatic rings. The molecule has 0 spiro atoms. The molecule has 0 amide bonds. The topological polar surface area (TPSA) is 56.0 Å². The number of alkyl halides is 3. The Kier molecular flexibility index (Phi) is 5.68. The van der Waals surface area contributed by atoms with E-state index >= 15 is 0 Å². The van der Waals surface area contributed by atoms with Crippen molar-refractivity contribution in [1.29, 1.82) is 0 Å². The fourth-order valence-electron chi connectivity index (χ4n) is 2.18. The van der Waals surface area contributed by atoms with E-state index in [9.17, 15) is 13.6 Å². The highest BCUT2D eigenvalue weighted by Gasteiger charge is 2.35. The zero-order valence-electron chi connectivity index (χ0n) is 13.4. The maximum atomic E-state index is 12.9. The lowest BCUT2D eigenvalue weighted by molar-refractivity contribution is 0.0551. The Morgan fingerprint density at radius 1 is 1.12 bits per heavy atom. The number of hydrogen-bond donors (Lipinski definition) is 0. The fourth-order valence-corrected chi connectivity index (χ4v) is 3.14. The first-order valence-corrected chi connectivity index (χ1v) is 9.13. The molecule has 0 saturated heterocycles. The number of hydrogen-bond acceptors (Lipinski definition) is 5. The van der Waals surface area contributed by atoms with Crippen LogP contribution in [0.2, 0.25) is 0 Å². The molecule has 0 atom stereocenters. The first kappa shape index (κ1) is 18.5. The van der Waals surface area contributed by atoms with Crippen molar-refractivity contribution in [3.05, 3.63) is 71.6 Å². The highest BCUT2D eigenvalue weighted by molar-refractivity contribution is 7.99. The normalized spacial score (nSPS) is 11.5. The van der Waals surface area contributed by atoms with Gasteiger partial charge in [0.2, 0.25) is 5.82 Å². The number of nitrogens with zero attached hydrogens (tertiary/aromatic N) is 2. The Balaban J connectivity index is 1.60. The Hall–Kier alpha value is -2.25. The van der Waals surface area contributed by atoms with Gasteiger partial charge in [0.05, 0.1) is 5.75 Å². The van der Waals surface area contributed by atoms with Gasteiger partial charge in [-0.2, -0.15) is 13.8 Å². The van der Waals surface area contributed by atoms with Crippen LogP contribution >= 0.6 is 23.4 Å². The molecule has 134 valence electrons. The van der Waals surface area contributed by atoms with Crippen molar-refractivity contribution in [3.8, 4) is 11.4 Å². The molecule has 2 aromatic carbocycles. The van der Waals surface area contributed by atoms with Crippen molar-refractivity contribution in [3.63, 3.8) is 0 Å². The van der Waals surface area contributed by atoms with Gasteiger partial charge in [0, 0.05) is 16.9 Å². The van der Waals surface area contributed by atoms with E-state index in [1.165, 1.54) is 11.8 Å². The third-order valence-corrected chi connectivity index (χ3v) is 4.64. The van der Waals surface area contributed by atoms with Gasteiger partial charge in [-0.3, -0.25) is 4.79 Å². The zero-order valence-corrected chi connectivity index (χ0v) is 14.9. The van der Waals surface area contributed by atoms with E-state index < -0.39 is 11.3 Å². The SMILES string of the molecule is O=C(CSCc1ccccc1)c1ccc(-c2noc(C(F)(F)Cl)n2)cc1. The summed E-state index contributed by atoms with van der Waals surface area (Å²) in [6.07, 6.45) is 0. The molecular formula is C18H13ClF2N2O2S. The highest BCUT2D eigenvalue weighted by Crippen LogP contribution is 2.32. The molecule has 8 heteroatoms. The monoisotopic (exact) mass is 394 g/mol. The van der Waals surface area contributed by atoms with Gasteiger partial charge in [-0.1, -0.05) is 59.8 Å². The highest BCUT2D eigenvalue weighted by atomic mass is 35.5. The number of ketones is 1. The van der Waals surface area contributed by atoms with E-state index in [4.69, 9.17) is 11.6 Å². The maximum Gasteiger partial charge on any atom is 0.400 e. The summed E-state index contributed by atoms with van der Waals surface area (Å²) < 4.78 is 30.3. The van der Waals surface area contributed by atoms with Crippen LogP contribution in [0.15, 0.2) is 59.1 Å². The number of halogens is 3. The van der Waals surface area contributed by atoms with E-state index in [2.05, 4.69) is 14.7 Å². The van der Waals surface area contributed by atoms with Crippen LogP contribution in [-0.2, 0) is 11.1 Å². The third kappa shape index (κ3) is 4.68. The van der Waals surface area contributed by atoms with Crippen LogP contribution in [0.5, 0.6) is 0 Å². The first-order chi connectivity index (χ1) is 12.4. The molecular weight excluding hydrogens is 382 g/mol. The van der Waals surface area contributed by atoms with Crippen LogP contribution in [-0.4, -0.2) is 21.7 Å². The number of carbonyl (C=O) groups excluding carboxylic acids is 1. The second-order valence-corrected chi connectivity index (χ2v) is 6.86. The lowest BCUT2D eigenvalue weighted by Crippen LogP contribution is -2.03. The van der Waals surface area contributed by atoms with Crippen LogP contribution in [0.3, 0.4) is 0 Å². The van der Waals surface area contributed by atoms with Crippen LogP contribution in [0, 0.1) is 0 Å². The summed E-state index contributed by atoms with van der Waals surface area (Å²) in [5.41, 5.74) is 2.14. The summed E-state index contributed by atoms with van der Waals surface area (Å²) in [5, 5.41) is -0.240. The maximum absolute atomic E-state index is 12.9. The largest absolute Gasteiger partial charge is 0.400 e. The molecule has 4 nitrogen and oxygen atoms in total. The number of thioether (sulfide) groups is 1. The molecule has 1 heterocycles. The smallest absolute Gasteiger partial charge is 0.331 e. The van der Waals surface area contributed by atoms with Crippen LogP contribution in [0.25, 0.3) is 11.4 Å². The summed E-state index contributed by atoms with van der Waals surface area (Å²) in [7, 11) is 0. The minimum absolute atomic E-state index is 0.0152. The molecule has 0 bridgehead atoms. The van der Waals surface area contributed by atoms with E-state index in [1.54, 1.807) is 24.3 Å². The van der Waals surface area contributed by atoms with Crippen LogP contribution in [0.1, 0.15) is 21.8 Å². The third-order valence-electron chi connectivity index (χ3n) is 3.48. The molecule has 26 heavy (non-hydrogen) atoms. The van der Waals surface area contributed by atoms with Crippen molar-refractivity contribution >= 4 is 29.1 Å². The van der Waals surface area contributed by atoms with E-state index in [0.717, 1.165) is 11.3 Å². The standard InChI is InChI=1S/C18H13ClF2N2O2S/c19-18(20,21)17-22-16(23-25-17)14-8-6-13(7-9-14)15(24)11-26-10-12-4-2-1-3-5-12/h1-9H,10-11H2. The molecule has 0 aliphatic heterocycles. The lowest BCUT2D eigenvalue weighted by atomic mass is 10.1. The molecule has 0 aliphatic carbocycles. The van der Waals surface area contributed by atoms with Gasteiger partial charge in [0.15, 0.2) is 5.78 Å². The molecule has 0 fully saturated rings. The van der Waals surface area contributed by atoms with Crippen LogP contribution in [0.4, 0.5) is 8.78 Å². The Bertz CT molecular complexity index is 880. The van der Waals surface area contributed by atoms with Gasteiger partial charge in [-0.15, -0.1) is 11.8 Å². The first-order valence-electron chi connectivity index (χ1n) is 7.60. The Morgan fingerprint density at radius 2 is 1.81 bits per heavy atom. The number of rotatable bonds is 7. The molecule has 0 saturated carbocycles. The van der Waals surface area contributed by atoms with Gasteiger partial charge in [0.1, 0.15) is 0 Å². The summed E-state index contributed by atoms with van der Waals surface area (Å²) in [4.78, 5) is 15.8. The average molecular weight is 395 g/mol. The summed E-state index contributed by atoms with van der Waals surface area (Å²) in [6, 6.07) is 16.3. The number of carbonyl (C=O) groups is 1. The van der Waals surface area contributed by atoms with Crippen molar-refractivity contribution in [2.24, 2.45) is 0 Å². The Labute approximate surface area is 157 Å². The van der Waals surface area contributed by atoms with Crippen molar-refractivity contribution in [2.75, 3.05) is 5.75 Å². The summed E-state index contributed by atoms with van der Waals surface area (Å²) >= 11 is 6.37. The predicted octanol–water partition coefficient (Wildman–Crippen LogP) is 5.14. The van der Waals surface area contributed by atoms with Gasteiger partial charge in [0.25, 0.3) is 0 Å². The number of benzene rings is 2. The van der Waals surface area contributed by atoms with Gasteiger partial charge >= 0.3 is 11.3 Å². The molecule has 1 aromatic heterocycles. The van der Waals surface area contributed by atoms with Crippen molar-refractivity contribution < 1.29 is 18.1 Å².